The molecule has 0 aliphatic rings. The highest BCUT2D eigenvalue weighted by molar-refractivity contribution is 6.04. The van der Waals surface area contributed by atoms with Crippen molar-refractivity contribution in [2.75, 3.05) is 5.32 Å². The van der Waals surface area contributed by atoms with Crippen molar-refractivity contribution in [3.63, 3.8) is 0 Å². The molecule has 0 radical (unpaired) electrons. The molecule has 1 heterocycles. The van der Waals surface area contributed by atoms with Crippen LogP contribution in [0.15, 0.2) is 42.7 Å². The maximum absolute atomic E-state index is 13.1. The number of carbonyl (C=O) groups is 1. The Labute approximate surface area is 126 Å². The van der Waals surface area contributed by atoms with Crippen molar-refractivity contribution >= 4 is 11.6 Å². The molecule has 1 aromatic carbocycles. The van der Waals surface area contributed by atoms with Gasteiger partial charge >= 0.3 is 6.18 Å². The van der Waals surface area contributed by atoms with E-state index in [0.29, 0.717) is 12.8 Å². The van der Waals surface area contributed by atoms with Crippen LogP contribution in [0.4, 0.5) is 18.9 Å². The van der Waals surface area contributed by atoms with Crippen molar-refractivity contribution < 1.29 is 18.0 Å². The van der Waals surface area contributed by atoms with Crippen LogP contribution in [0.2, 0.25) is 0 Å². The van der Waals surface area contributed by atoms with Crippen molar-refractivity contribution in [3.8, 4) is 0 Å². The number of nitrogens with one attached hydrogen (secondary N) is 1. The number of hydrogen-bond acceptors (Lipinski definition) is 2. The van der Waals surface area contributed by atoms with E-state index in [1.807, 2.05) is 6.92 Å². The topological polar surface area (TPSA) is 42.0 Å². The largest absolute Gasteiger partial charge is 0.416 e. The van der Waals surface area contributed by atoms with Crippen LogP contribution in [0.1, 0.15) is 34.8 Å². The van der Waals surface area contributed by atoms with Crippen LogP contribution in [0.25, 0.3) is 0 Å². The number of nitrogens with zero attached hydrogens (tertiary/aromatic N) is 1. The fraction of sp³-hybridized carbons (Fsp3) is 0.250. The Balaban J connectivity index is 2.27. The van der Waals surface area contributed by atoms with E-state index in [4.69, 9.17) is 0 Å². The second-order valence-electron chi connectivity index (χ2n) is 4.82. The Bertz CT molecular complexity index is 654. The van der Waals surface area contributed by atoms with E-state index in [-0.39, 0.29) is 16.8 Å². The van der Waals surface area contributed by atoms with Crippen molar-refractivity contribution in [1.82, 2.24) is 4.98 Å². The number of anilines is 1. The van der Waals surface area contributed by atoms with Gasteiger partial charge in [-0.15, -0.1) is 0 Å². The van der Waals surface area contributed by atoms with E-state index < -0.39 is 17.6 Å². The van der Waals surface area contributed by atoms with Gasteiger partial charge in [0.1, 0.15) is 0 Å². The summed E-state index contributed by atoms with van der Waals surface area (Å²) in [5, 5.41) is 2.46. The van der Waals surface area contributed by atoms with Crippen LogP contribution in [0.3, 0.4) is 0 Å². The molecule has 0 saturated heterocycles. The van der Waals surface area contributed by atoms with E-state index in [1.54, 1.807) is 12.1 Å². The molecule has 1 aromatic heterocycles. The van der Waals surface area contributed by atoms with Gasteiger partial charge in [-0.3, -0.25) is 9.78 Å². The quantitative estimate of drug-likeness (QED) is 0.914. The van der Waals surface area contributed by atoms with Crippen LogP contribution in [-0.2, 0) is 12.6 Å². The number of alkyl halides is 3. The number of hydrogen-bond donors (Lipinski definition) is 1. The van der Waals surface area contributed by atoms with Gasteiger partial charge in [-0.05, 0) is 36.2 Å². The molecule has 0 saturated carbocycles. The molecule has 3 nitrogen and oxygen atoms in total. The third kappa shape index (κ3) is 3.84. The number of amides is 1. The molecule has 1 N–H and O–H groups in total. The van der Waals surface area contributed by atoms with Crippen LogP contribution in [0.5, 0.6) is 0 Å². The molecular formula is C16H15F3N2O. The molecule has 0 aliphatic carbocycles. The second kappa shape index (κ2) is 6.60. The first-order valence-corrected chi connectivity index (χ1v) is 6.83. The summed E-state index contributed by atoms with van der Waals surface area (Å²) in [6, 6.07) is 6.98. The number of carbonyl (C=O) groups excluding carboxylic acids is 1. The lowest BCUT2D eigenvalue weighted by Crippen LogP contribution is -2.14. The lowest BCUT2D eigenvalue weighted by molar-refractivity contribution is -0.138. The highest BCUT2D eigenvalue weighted by Gasteiger charge is 2.33. The molecule has 2 aromatic rings. The van der Waals surface area contributed by atoms with E-state index in [9.17, 15) is 18.0 Å². The molecule has 0 atom stereocenters. The lowest BCUT2D eigenvalue weighted by Gasteiger charge is -2.14. The number of benzene rings is 1. The molecule has 1 amide bonds. The zero-order valence-electron chi connectivity index (χ0n) is 11.9. The molecule has 6 heteroatoms. The van der Waals surface area contributed by atoms with E-state index in [2.05, 4.69) is 10.3 Å². The Morgan fingerprint density at radius 1 is 1.27 bits per heavy atom. The Kier molecular flexibility index (Phi) is 4.80. The first kappa shape index (κ1) is 16.0. The van der Waals surface area contributed by atoms with Gasteiger partial charge in [0.15, 0.2) is 0 Å². The molecule has 0 fully saturated rings. The minimum atomic E-state index is -4.44. The summed E-state index contributed by atoms with van der Waals surface area (Å²) in [4.78, 5) is 15.8. The smallest absolute Gasteiger partial charge is 0.322 e. The van der Waals surface area contributed by atoms with Gasteiger partial charge in [0.05, 0.1) is 11.1 Å². The fourth-order valence-corrected chi connectivity index (χ4v) is 2.11. The standard InChI is InChI=1S/C16H15F3N2O/c1-2-4-11-6-7-13(9-14(11)16(17,18)19)21-15(22)12-5-3-8-20-10-12/h3,5-10H,2,4H2,1H3,(H,21,22). The third-order valence-corrected chi connectivity index (χ3v) is 3.12. The Morgan fingerprint density at radius 3 is 2.64 bits per heavy atom. The highest BCUT2D eigenvalue weighted by atomic mass is 19.4. The minimum Gasteiger partial charge on any atom is -0.322 e. The fourth-order valence-electron chi connectivity index (χ4n) is 2.11. The Hall–Kier alpha value is -2.37. The van der Waals surface area contributed by atoms with Gasteiger partial charge in [0, 0.05) is 18.1 Å². The molecule has 2 rings (SSSR count). The van der Waals surface area contributed by atoms with Crippen molar-refractivity contribution in [2.45, 2.75) is 25.9 Å². The summed E-state index contributed by atoms with van der Waals surface area (Å²) in [7, 11) is 0. The monoisotopic (exact) mass is 308 g/mol. The number of aromatic nitrogens is 1. The molecule has 0 aliphatic heterocycles. The molecule has 116 valence electrons. The zero-order valence-corrected chi connectivity index (χ0v) is 11.9. The maximum Gasteiger partial charge on any atom is 0.416 e. The van der Waals surface area contributed by atoms with Crippen LogP contribution >= 0.6 is 0 Å². The van der Waals surface area contributed by atoms with Crippen LogP contribution in [-0.4, -0.2) is 10.9 Å². The van der Waals surface area contributed by atoms with Crippen LogP contribution in [0, 0.1) is 0 Å². The van der Waals surface area contributed by atoms with Crippen molar-refractivity contribution in [1.29, 1.82) is 0 Å². The molecule has 22 heavy (non-hydrogen) atoms. The molecule has 0 spiro atoms. The average Bonchev–Trinajstić information content (AvgIpc) is 2.49. The van der Waals surface area contributed by atoms with Gasteiger partial charge in [-0.2, -0.15) is 13.2 Å². The SMILES string of the molecule is CCCc1ccc(NC(=O)c2cccnc2)cc1C(F)(F)F. The molecular weight excluding hydrogens is 293 g/mol. The van der Waals surface area contributed by atoms with E-state index in [0.717, 1.165) is 6.07 Å². The highest BCUT2D eigenvalue weighted by Crippen LogP contribution is 2.34. The predicted molar refractivity (Wildman–Crippen MR) is 77.6 cm³/mol. The zero-order chi connectivity index (χ0) is 16.2. The summed E-state index contributed by atoms with van der Waals surface area (Å²) in [6.45, 7) is 1.82. The van der Waals surface area contributed by atoms with E-state index in [1.165, 1.54) is 24.5 Å². The van der Waals surface area contributed by atoms with Gasteiger partial charge < -0.3 is 5.32 Å². The first-order valence-electron chi connectivity index (χ1n) is 6.83. The van der Waals surface area contributed by atoms with Gasteiger partial charge in [-0.25, -0.2) is 0 Å². The Morgan fingerprint density at radius 2 is 2.05 bits per heavy atom. The summed E-state index contributed by atoms with van der Waals surface area (Å²) in [5.41, 5.74) is -0.0811. The van der Waals surface area contributed by atoms with Crippen molar-refractivity contribution in [3.05, 3.63) is 59.4 Å². The summed E-state index contributed by atoms with van der Waals surface area (Å²) in [6.07, 6.45) is -0.626. The van der Waals surface area contributed by atoms with Gasteiger partial charge in [0.25, 0.3) is 5.91 Å². The van der Waals surface area contributed by atoms with Gasteiger partial charge in [-0.1, -0.05) is 19.4 Å². The number of aryl methyl sites for hydroxylation is 1. The molecule has 0 bridgehead atoms. The summed E-state index contributed by atoms with van der Waals surface area (Å²) in [5.74, 6) is -0.496. The van der Waals surface area contributed by atoms with E-state index >= 15 is 0 Å². The maximum atomic E-state index is 13.1. The summed E-state index contributed by atoms with van der Waals surface area (Å²) < 4.78 is 39.3. The lowest BCUT2D eigenvalue weighted by atomic mass is 10.0. The molecule has 0 unspecified atom stereocenters. The van der Waals surface area contributed by atoms with Crippen LogP contribution < -0.4 is 5.32 Å². The predicted octanol–water partition coefficient (Wildman–Crippen LogP) is 4.31. The second-order valence-corrected chi connectivity index (χ2v) is 4.82. The normalized spacial score (nSPS) is 11.3. The number of rotatable bonds is 4. The number of pyridine rings is 1. The van der Waals surface area contributed by atoms with Crippen molar-refractivity contribution in [2.24, 2.45) is 0 Å². The first-order chi connectivity index (χ1) is 10.4. The summed E-state index contributed by atoms with van der Waals surface area (Å²) >= 11 is 0. The minimum absolute atomic E-state index is 0.112. The average molecular weight is 308 g/mol. The third-order valence-electron chi connectivity index (χ3n) is 3.12. The number of halogens is 3. The van der Waals surface area contributed by atoms with Gasteiger partial charge in [0.2, 0.25) is 0 Å².